The summed E-state index contributed by atoms with van der Waals surface area (Å²) in [4.78, 5) is 13.7. The number of carbonyl (C=O) groups excluding carboxylic acids is 1. The van der Waals surface area contributed by atoms with Gasteiger partial charge in [0.15, 0.2) is 0 Å². The highest BCUT2D eigenvalue weighted by molar-refractivity contribution is 6.31. The molecule has 3 rings (SSSR count). The standard InChI is InChI=1S/C15H19ClN2O2/c16-12-2-1-3-14(11(12)9-19)18-7-6-13-10(8-18)4-5-15(20)17-13/h1-3,10,13,19H,4-9H2,(H,17,20). The average Bonchev–Trinajstić information content (AvgIpc) is 2.46. The number of piperidine rings is 2. The molecule has 2 N–H and O–H groups in total. The van der Waals surface area contributed by atoms with Crippen LogP contribution in [0.25, 0.3) is 0 Å². The number of aliphatic hydroxyl groups excluding tert-OH is 1. The van der Waals surface area contributed by atoms with Crippen molar-refractivity contribution in [3.05, 3.63) is 28.8 Å². The van der Waals surface area contributed by atoms with E-state index in [0.717, 1.165) is 37.2 Å². The van der Waals surface area contributed by atoms with Crippen LogP contribution in [0.1, 0.15) is 24.8 Å². The van der Waals surface area contributed by atoms with Crippen molar-refractivity contribution in [1.82, 2.24) is 5.32 Å². The van der Waals surface area contributed by atoms with Crippen LogP contribution in [0.2, 0.25) is 5.02 Å². The summed E-state index contributed by atoms with van der Waals surface area (Å²) in [7, 11) is 0. The third kappa shape index (κ3) is 2.50. The molecule has 4 nitrogen and oxygen atoms in total. The highest BCUT2D eigenvalue weighted by Crippen LogP contribution is 2.33. The number of rotatable bonds is 2. The molecular weight excluding hydrogens is 276 g/mol. The van der Waals surface area contributed by atoms with Crippen LogP contribution in [0.5, 0.6) is 0 Å². The van der Waals surface area contributed by atoms with Crippen molar-refractivity contribution in [2.45, 2.75) is 31.9 Å². The molecule has 0 radical (unpaired) electrons. The molecule has 2 saturated heterocycles. The van der Waals surface area contributed by atoms with Crippen LogP contribution in [0.3, 0.4) is 0 Å². The zero-order valence-corrected chi connectivity index (χ0v) is 12.1. The Balaban J connectivity index is 1.80. The number of benzene rings is 1. The summed E-state index contributed by atoms with van der Waals surface area (Å²) < 4.78 is 0. The predicted molar refractivity (Wildman–Crippen MR) is 78.9 cm³/mol. The quantitative estimate of drug-likeness (QED) is 0.876. The number of anilines is 1. The minimum atomic E-state index is -0.0453. The van der Waals surface area contributed by atoms with Gasteiger partial charge in [0.25, 0.3) is 0 Å². The number of amides is 1. The Hall–Kier alpha value is -1.26. The average molecular weight is 295 g/mol. The van der Waals surface area contributed by atoms with Gasteiger partial charge in [0.05, 0.1) is 6.61 Å². The lowest BCUT2D eigenvalue weighted by atomic mass is 9.85. The Bertz CT molecular complexity index is 521. The Kier molecular flexibility index (Phi) is 3.85. The topological polar surface area (TPSA) is 52.6 Å². The molecule has 1 aromatic rings. The first-order valence-electron chi connectivity index (χ1n) is 7.11. The van der Waals surface area contributed by atoms with Gasteiger partial charge in [0.2, 0.25) is 5.91 Å². The number of carbonyl (C=O) groups is 1. The molecule has 0 bridgehead atoms. The fraction of sp³-hybridized carbons (Fsp3) is 0.533. The lowest BCUT2D eigenvalue weighted by molar-refractivity contribution is -0.124. The van der Waals surface area contributed by atoms with Crippen LogP contribution >= 0.6 is 11.6 Å². The summed E-state index contributed by atoms with van der Waals surface area (Å²) in [5.41, 5.74) is 1.82. The van der Waals surface area contributed by atoms with Gasteiger partial charge in [0, 0.05) is 41.8 Å². The van der Waals surface area contributed by atoms with Gasteiger partial charge in [-0.1, -0.05) is 17.7 Å². The summed E-state index contributed by atoms with van der Waals surface area (Å²) in [6, 6.07) is 6.05. The van der Waals surface area contributed by atoms with Crippen molar-refractivity contribution in [3.63, 3.8) is 0 Å². The Labute approximate surface area is 123 Å². The normalized spacial score (nSPS) is 26.1. The zero-order valence-electron chi connectivity index (χ0n) is 11.3. The van der Waals surface area contributed by atoms with Crippen LogP contribution in [0, 0.1) is 5.92 Å². The van der Waals surface area contributed by atoms with E-state index in [-0.39, 0.29) is 12.5 Å². The number of hydrogen-bond acceptors (Lipinski definition) is 3. The molecule has 5 heteroatoms. The Morgan fingerprint density at radius 1 is 1.40 bits per heavy atom. The maximum atomic E-state index is 11.4. The summed E-state index contributed by atoms with van der Waals surface area (Å²) in [5, 5.41) is 13.2. The van der Waals surface area contributed by atoms with Gasteiger partial charge in [-0.25, -0.2) is 0 Å². The molecule has 2 atom stereocenters. The Morgan fingerprint density at radius 2 is 2.25 bits per heavy atom. The maximum absolute atomic E-state index is 11.4. The SMILES string of the molecule is O=C1CCC2CN(c3cccc(Cl)c3CO)CCC2N1. The third-order valence-electron chi connectivity index (χ3n) is 4.42. The number of fused-ring (bicyclic) bond motifs is 1. The van der Waals surface area contributed by atoms with E-state index in [4.69, 9.17) is 11.6 Å². The van der Waals surface area contributed by atoms with E-state index in [1.165, 1.54) is 0 Å². The van der Waals surface area contributed by atoms with E-state index < -0.39 is 0 Å². The second-order valence-electron chi connectivity index (χ2n) is 5.60. The van der Waals surface area contributed by atoms with Crippen LogP contribution in [0.4, 0.5) is 5.69 Å². The molecule has 20 heavy (non-hydrogen) atoms. The molecule has 0 aliphatic carbocycles. The molecule has 2 fully saturated rings. The minimum Gasteiger partial charge on any atom is -0.392 e. The molecule has 0 spiro atoms. The predicted octanol–water partition coefficient (Wildman–Crippen LogP) is 1.94. The van der Waals surface area contributed by atoms with Crippen molar-refractivity contribution in [1.29, 1.82) is 0 Å². The largest absolute Gasteiger partial charge is 0.392 e. The highest BCUT2D eigenvalue weighted by Gasteiger charge is 2.34. The van der Waals surface area contributed by atoms with E-state index in [0.29, 0.717) is 23.4 Å². The molecule has 0 aromatic heterocycles. The lowest BCUT2D eigenvalue weighted by Crippen LogP contribution is -2.54. The van der Waals surface area contributed by atoms with Gasteiger partial charge < -0.3 is 15.3 Å². The molecule has 108 valence electrons. The number of nitrogens with zero attached hydrogens (tertiary/aromatic N) is 1. The maximum Gasteiger partial charge on any atom is 0.220 e. The summed E-state index contributed by atoms with van der Waals surface area (Å²) >= 11 is 6.16. The fourth-order valence-electron chi connectivity index (χ4n) is 3.33. The van der Waals surface area contributed by atoms with Crippen LogP contribution in [0.15, 0.2) is 18.2 Å². The van der Waals surface area contributed by atoms with Crippen molar-refractivity contribution < 1.29 is 9.90 Å². The molecule has 2 heterocycles. The van der Waals surface area contributed by atoms with Gasteiger partial charge in [-0.3, -0.25) is 4.79 Å². The third-order valence-corrected chi connectivity index (χ3v) is 4.77. The van der Waals surface area contributed by atoms with Crippen LogP contribution < -0.4 is 10.2 Å². The van der Waals surface area contributed by atoms with Crippen LogP contribution in [-0.4, -0.2) is 30.1 Å². The van der Waals surface area contributed by atoms with Crippen molar-refractivity contribution in [3.8, 4) is 0 Å². The van der Waals surface area contributed by atoms with Gasteiger partial charge in [-0.05, 0) is 30.9 Å². The second kappa shape index (κ2) is 5.62. The summed E-state index contributed by atoms with van der Waals surface area (Å²) in [6.07, 6.45) is 2.52. The second-order valence-corrected chi connectivity index (χ2v) is 6.01. The van der Waals surface area contributed by atoms with Gasteiger partial charge >= 0.3 is 0 Å². The number of nitrogens with one attached hydrogen (secondary N) is 1. The summed E-state index contributed by atoms with van der Waals surface area (Å²) in [6.45, 7) is 1.75. The number of hydrogen-bond donors (Lipinski definition) is 2. The number of halogens is 1. The molecule has 2 unspecified atom stereocenters. The molecular formula is C15H19ClN2O2. The van der Waals surface area contributed by atoms with Crippen molar-refractivity contribution >= 4 is 23.2 Å². The van der Waals surface area contributed by atoms with E-state index in [2.05, 4.69) is 10.2 Å². The van der Waals surface area contributed by atoms with E-state index in [1.807, 2.05) is 18.2 Å². The first-order valence-corrected chi connectivity index (χ1v) is 7.49. The molecule has 1 amide bonds. The minimum absolute atomic E-state index is 0.0453. The molecule has 0 saturated carbocycles. The first kappa shape index (κ1) is 13.7. The highest BCUT2D eigenvalue weighted by atomic mass is 35.5. The van der Waals surface area contributed by atoms with Gasteiger partial charge in [0.1, 0.15) is 0 Å². The van der Waals surface area contributed by atoms with Gasteiger partial charge in [-0.15, -0.1) is 0 Å². The van der Waals surface area contributed by atoms with Crippen LogP contribution in [-0.2, 0) is 11.4 Å². The Morgan fingerprint density at radius 3 is 3.05 bits per heavy atom. The van der Waals surface area contributed by atoms with E-state index in [9.17, 15) is 9.90 Å². The monoisotopic (exact) mass is 294 g/mol. The van der Waals surface area contributed by atoms with Gasteiger partial charge in [-0.2, -0.15) is 0 Å². The molecule has 2 aliphatic heterocycles. The zero-order chi connectivity index (χ0) is 14.1. The van der Waals surface area contributed by atoms with E-state index >= 15 is 0 Å². The van der Waals surface area contributed by atoms with Crippen molar-refractivity contribution in [2.24, 2.45) is 5.92 Å². The first-order chi connectivity index (χ1) is 9.69. The van der Waals surface area contributed by atoms with E-state index in [1.54, 1.807) is 0 Å². The molecule has 2 aliphatic rings. The smallest absolute Gasteiger partial charge is 0.220 e. The molecule has 1 aromatic carbocycles. The van der Waals surface area contributed by atoms with Crippen molar-refractivity contribution in [2.75, 3.05) is 18.0 Å². The lowest BCUT2D eigenvalue weighted by Gasteiger charge is -2.43. The fourth-order valence-corrected chi connectivity index (χ4v) is 3.56. The summed E-state index contributed by atoms with van der Waals surface area (Å²) in [5.74, 6) is 0.672. The number of aliphatic hydroxyl groups is 1.